The number of rotatable bonds is 3. The lowest BCUT2D eigenvalue weighted by molar-refractivity contribution is -0.204. The van der Waals surface area contributed by atoms with Crippen LogP contribution in [-0.2, 0) is 21.5 Å². The van der Waals surface area contributed by atoms with Crippen LogP contribution in [0.15, 0.2) is 24.3 Å². The smallest absolute Gasteiger partial charge is 0.168 e. The SMILES string of the molecule is CC(C)Cc1cccc(C2(O)CCC3(CC2)OCCO3)c1. The molecule has 0 aromatic heterocycles. The molecule has 1 aliphatic heterocycles. The first-order chi connectivity index (χ1) is 10.0. The van der Waals surface area contributed by atoms with Crippen molar-refractivity contribution in [3.8, 4) is 0 Å². The summed E-state index contributed by atoms with van der Waals surface area (Å²) in [4.78, 5) is 0. The van der Waals surface area contributed by atoms with Gasteiger partial charge in [0.25, 0.3) is 0 Å². The van der Waals surface area contributed by atoms with Gasteiger partial charge in [-0.15, -0.1) is 0 Å². The number of hydrogen-bond donors (Lipinski definition) is 1. The zero-order valence-electron chi connectivity index (χ0n) is 13.1. The Kier molecular flexibility index (Phi) is 4.08. The van der Waals surface area contributed by atoms with Crippen LogP contribution in [0, 0.1) is 5.92 Å². The molecule has 0 bridgehead atoms. The van der Waals surface area contributed by atoms with Gasteiger partial charge < -0.3 is 14.6 Å². The maximum atomic E-state index is 11.0. The number of benzene rings is 1. The van der Waals surface area contributed by atoms with Crippen molar-refractivity contribution in [2.75, 3.05) is 13.2 Å². The standard InChI is InChI=1S/C18H26O3/c1-14(2)12-15-4-3-5-16(13-15)17(19)6-8-18(9-7-17)20-10-11-21-18/h3-5,13-14,19H,6-12H2,1-2H3. The van der Waals surface area contributed by atoms with Gasteiger partial charge in [-0.05, 0) is 36.3 Å². The van der Waals surface area contributed by atoms with E-state index in [4.69, 9.17) is 9.47 Å². The van der Waals surface area contributed by atoms with E-state index in [1.165, 1.54) is 5.56 Å². The van der Waals surface area contributed by atoms with Crippen LogP contribution in [0.5, 0.6) is 0 Å². The lowest BCUT2D eigenvalue weighted by atomic mass is 9.76. The summed E-state index contributed by atoms with van der Waals surface area (Å²) in [5.41, 5.74) is 1.63. The van der Waals surface area contributed by atoms with Gasteiger partial charge in [0.2, 0.25) is 0 Å². The molecule has 3 heteroatoms. The van der Waals surface area contributed by atoms with Gasteiger partial charge in [-0.1, -0.05) is 38.1 Å². The first kappa shape index (κ1) is 15.0. The predicted molar refractivity (Wildman–Crippen MR) is 82.0 cm³/mol. The molecule has 1 saturated carbocycles. The van der Waals surface area contributed by atoms with E-state index in [0.29, 0.717) is 32.0 Å². The van der Waals surface area contributed by atoms with E-state index >= 15 is 0 Å². The van der Waals surface area contributed by atoms with Crippen LogP contribution in [0.4, 0.5) is 0 Å². The molecule has 2 fully saturated rings. The van der Waals surface area contributed by atoms with Crippen LogP contribution in [0.1, 0.15) is 50.7 Å². The minimum atomic E-state index is -0.729. The third-order valence-corrected chi connectivity index (χ3v) is 4.76. The zero-order valence-corrected chi connectivity index (χ0v) is 13.1. The molecule has 1 N–H and O–H groups in total. The molecule has 21 heavy (non-hydrogen) atoms. The molecular formula is C18H26O3. The molecule has 1 aliphatic carbocycles. The van der Waals surface area contributed by atoms with Gasteiger partial charge in [0.05, 0.1) is 18.8 Å². The minimum absolute atomic E-state index is 0.415. The molecule has 1 saturated heterocycles. The van der Waals surface area contributed by atoms with Crippen molar-refractivity contribution in [3.63, 3.8) is 0 Å². The van der Waals surface area contributed by atoms with Crippen molar-refractivity contribution in [2.24, 2.45) is 5.92 Å². The van der Waals surface area contributed by atoms with E-state index in [1.54, 1.807) is 0 Å². The van der Waals surface area contributed by atoms with Crippen LogP contribution in [0.3, 0.4) is 0 Å². The topological polar surface area (TPSA) is 38.7 Å². The van der Waals surface area contributed by atoms with Gasteiger partial charge in [-0.2, -0.15) is 0 Å². The van der Waals surface area contributed by atoms with Crippen molar-refractivity contribution >= 4 is 0 Å². The summed E-state index contributed by atoms with van der Waals surface area (Å²) >= 11 is 0. The van der Waals surface area contributed by atoms with E-state index in [1.807, 2.05) is 0 Å². The summed E-state index contributed by atoms with van der Waals surface area (Å²) < 4.78 is 11.5. The Labute approximate surface area is 127 Å². The van der Waals surface area contributed by atoms with Gasteiger partial charge in [-0.25, -0.2) is 0 Å². The van der Waals surface area contributed by atoms with Gasteiger partial charge in [0, 0.05) is 12.8 Å². The Bertz CT molecular complexity index is 479. The second-order valence-corrected chi connectivity index (χ2v) is 6.94. The maximum Gasteiger partial charge on any atom is 0.168 e. The largest absolute Gasteiger partial charge is 0.385 e. The molecule has 0 unspecified atom stereocenters. The fourth-order valence-electron chi connectivity index (χ4n) is 3.58. The lowest BCUT2D eigenvalue weighted by Gasteiger charge is -2.41. The Morgan fingerprint density at radius 3 is 2.38 bits per heavy atom. The first-order valence-electron chi connectivity index (χ1n) is 8.11. The maximum absolute atomic E-state index is 11.0. The summed E-state index contributed by atoms with van der Waals surface area (Å²) in [5.74, 6) is 0.215. The Morgan fingerprint density at radius 1 is 1.10 bits per heavy atom. The van der Waals surface area contributed by atoms with Crippen molar-refractivity contribution in [1.82, 2.24) is 0 Å². The highest BCUT2D eigenvalue weighted by molar-refractivity contribution is 5.29. The Morgan fingerprint density at radius 2 is 1.76 bits per heavy atom. The van der Waals surface area contributed by atoms with Crippen molar-refractivity contribution in [2.45, 2.75) is 57.3 Å². The zero-order chi connectivity index (χ0) is 14.9. The van der Waals surface area contributed by atoms with Gasteiger partial charge in [0.15, 0.2) is 5.79 Å². The molecule has 0 atom stereocenters. The lowest BCUT2D eigenvalue weighted by Crippen LogP contribution is -2.42. The van der Waals surface area contributed by atoms with Gasteiger partial charge in [0.1, 0.15) is 0 Å². The average molecular weight is 290 g/mol. The molecule has 2 aliphatic rings. The molecule has 1 aromatic rings. The highest BCUT2D eigenvalue weighted by atomic mass is 16.7. The molecule has 0 amide bonds. The molecule has 1 spiro atoms. The number of aliphatic hydroxyl groups is 1. The third kappa shape index (κ3) is 3.15. The summed E-state index contributed by atoms with van der Waals surface area (Å²) in [6, 6.07) is 8.45. The first-order valence-corrected chi connectivity index (χ1v) is 8.11. The van der Waals surface area contributed by atoms with Crippen LogP contribution in [0.25, 0.3) is 0 Å². The summed E-state index contributed by atoms with van der Waals surface area (Å²) in [5, 5.41) is 11.0. The quantitative estimate of drug-likeness (QED) is 0.927. The van der Waals surface area contributed by atoms with Crippen molar-refractivity contribution in [1.29, 1.82) is 0 Å². The molecular weight excluding hydrogens is 264 g/mol. The molecule has 1 heterocycles. The van der Waals surface area contributed by atoms with Crippen LogP contribution < -0.4 is 0 Å². The van der Waals surface area contributed by atoms with E-state index in [0.717, 1.165) is 24.8 Å². The van der Waals surface area contributed by atoms with Crippen molar-refractivity contribution in [3.05, 3.63) is 35.4 Å². The third-order valence-electron chi connectivity index (χ3n) is 4.76. The van der Waals surface area contributed by atoms with E-state index in [-0.39, 0.29) is 0 Å². The number of hydrogen-bond acceptors (Lipinski definition) is 3. The monoisotopic (exact) mass is 290 g/mol. The number of ether oxygens (including phenoxy) is 2. The minimum Gasteiger partial charge on any atom is -0.385 e. The summed E-state index contributed by atoms with van der Waals surface area (Å²) in [6.45, 7) is 5.81. The predicted octanol–water partition coefficient (Wildman–Crippen LogP) is 3.39. The molecule has 3 nitrogen and oxygen atoms in total. The highest BCUT2D eigenvalue weighted by Crippen LogP contribution is 2.44. The van der Waals surface area contributed by atoms with E-state index < -0.39 is 11.4 Å². The summed E-state index contributed by atoms with van der Waals surface area (Å²) in [6.07, 6.45) is 4.02. The second kappa shape index (κ2) is 5.71. The van der Waals surface area contributed by atoms with Crippen LogP contribution in [-0.4, -0.2) is 24.1 Å². The Hall–Kier alpha value is -0.900. The fourth-order valence-corrected chi connectivity index (χ4v) is 3.58. The molecule has 1 aromatic carbocycles. The fraction of sp³-hybridized carbons (Fsp3) is 0.667. The van der Waals surface area contributed by atoms with E-state index in [2.05, 4.69) is 38.1 Å². The summed E-state index contributed by atoms with van der Waals surface area (Å²) in [7, 11) is 0. The van der Waals surface area contributed by atoms with Gasteiger partial charge in [-0.3, -0.25) is 0 Å². The average Bonchev–Trinajstić information content (AvgIpc) is 2.91. The normalized spacial score (nSPS) is 23.8. The Balaban J connectivity index is 1.74. The molecule has 116 valence electrons. The molecule has 0 radical (unpaired) electrons. The van der Waals surface area contributed by atoms with Crippen LogP contribution in [0.2, 0.25) is 0 Å². The molecule has 3 rings (SSSR count). The second-order valence-electron chi connectivity index (χ2n) is 6.94. The van der Waals surface area contributed by atoms with Crippen LogP contribution >= 0.6 is 0 Å². The van der Waals surface area contributed by atoms with E-state index in [9.17, 15) is 5.11 Å². The van der Waals surface area contributed by atoms with Gasteiger partial charge >= 0.3 is 0 Å². The highest BCUT2D eigenvalue weighted by Gasteiger charge is 2.46. The van der Waals surface area contributed by atoms with Crippen molar-refractivity contribution < 1.29 is 14.6 Å².